The zero-order chi connectivity index (χ0) is 13.1. The van der Waals surface area contributed by atoms with Gasteiger partial charge in [-0.2, -0.15) is 0 Å². The Balaban J connectivity index is 2.57. The molecule has 0 saturated heterocycles. The SMILES string of the molecule is C=CC(=O)Oc1cc(C(C)C)c2ccccc2c1. The van der Waals surface area contributed by atoms with Gasteiger partial charge in [-0.3, -0.25) is 0 Å². The fourth-order valence-corrected chi connectivity index (χ4v) is 2.01. The van der Waals surface area contributed by atoms with E-state index in [2.05, 4.69) is 26.5 Å². The normalized spacial score (nSPS) is 10.6. The van der Waals surface area contributed by atoms with Crippen LogP contribution in [0.1, 0.15) is 25.3 Å². The molecule has 0 unspecified atom stereocenters. The highest BCUT2D eigenvalue weighted by molar-refractivity contribution is 5.89. The van der Waals surface area contributed by atoms with Gasteiger partial charge in [-0.1, -0.05) is 44.7 Å². The third-order valence-electron chi connectivity index (χ3n) is 2.87. The summed E-state index contributed by atoms with van der Waals surface area (Å²) < 4.78 is 5.21. The summed E-state index contributed by atoms with van der Waals surface area (Å²) in [6, 6.07) is 11.9. The fourth-order valence-electron chi connectivity index (χ4n) is 2.01. The Kier molecular flexibility index (Phi) is 3.47. The Morgan fingerprint density at radius 2 is 2.00 bits per heavy atom. The second-order valence-corrected chi connectivity index (χ2v) is 4.51. The Hall–Kier alpha value is -2.09. The van der Waals surface area contributed by atoms with Gasteiger partial charge >= 0.3 is 5.97 Å². The molecule has 2 nitrogen and oxygen atoms in total. The summed E-state index contributed by atoms with van der Waals surface area (Å²) >= 11 is 0. The number of carbonyl (C=O) groups is 1. The van der Waals surface area contributed by atoms with Crippen molar-refractivity contribution in [1.82, 2.24) is 0 Å². The molecule has 0 saturated carbocycles. The van der Waals surface area contributed by atoms with Gasteiger partial charge in [-0.05, 0) is 34.4 Å². The first-order valence-corrected chi connectivity index (χ1v) is 5.98. The van der Waals surface area contributed by atoms with Crippen molar-refractivity contribution in [2.24, 2.45) is 0 Å². The molecule has 0 aromatic heterocycles. The summed E-state index contributed by atoms with van der Waals surface area (Å²) in [5, 5.41) is 2.28. The van der Waals surface area contributed by atoms with E-state index in [9.17, 15) is 4.79 Å². The lowest BCUT2D eigenvalue weighted by Crippen LogP contribution is -2.04. The maximum absolute atomic E-state index is 11.3. The summed E-state index contributed by atoms with van der Waals surface area (Å²) in [5.41, 5.74) is 1.18. The number of hydrogen-bond acceptors (Lipinski definition) is 2. The van der Waals surface area contributed by atoms with Crippen molar-refractivity contribution in [2.75, 3.05) is 0 Å². The van der Waals surface area contributed by atoms with Gasteiger partial charge in [0.1, 0.15) is 5.75 Å². The quantitative estimate of drug-likeness (QED) is 0.459. The molecule has 0 amide bonds. The molecular formula is C16H16O2. The van der Waals surface area contributed by atoms with E-state index in [1.807, 2.05) is 30.3 Å². The van der Waals surface area contributed by atoms with Crippen LogP contribution in [0.15, 0.2) is 49.1 Å². The molecule has 0 bridgehead atoms. The molecule has 0 heterocycles. The first-order chi connectivity index (χ1) is 8.61. The molecule has 2 heteroatoms. The summed E-state index contributed by atoms with van der Waals surface area (Å²) in [6.07, 6.45) is 1.17. The van der Waals surface area contributed by atoms with Crippen molar-refractivity contribution < 1.29 is 9.53 Å². The van der Waals surface area contributed by atoms with Crippen molar-refractivity contribution in [3.63, 3.8) is 0 Å². The molecule has 0 N–H and O–H groups in total. The highest BCUT2D eigenvalue weighted by Crippen LogP contribution is 2.30. The Morgan fingerprint density at radius 1 is 1.28 bits per heavy atom. The van der Waals surface area contributed by atoms with Crippen LogP contribution >= 0.6 is 0 Å². The number of esters is 1. The maximum Gasteiger partial charge on any atom is 0.335 e. The first-order valence-electron chi connectivity index (χ1n) is 5.98. The van der Waals surface area contributed by atoms with E-state index in [-0.39, 0.29) is 0 Å². The first kappa shape index (κ1) is 12.4. The molecule has 0 aliphatic heterocycles. The van der Waals surface area contributed by atoms with Crippen molar-refractivity contribution >= 4 is 16.7 Å². The van der Waals surface area contributed by atoms with Crippen molar-refractivity contribution in [3.8, 4) is 5.75 Å². The number of rotatable bonds is 3. The lowest BCUT2D eigenvalue weighted by molar-refractivity contribution is -0.128. The molecule has 2 aromatic rings. The molecule has 0 atom stereocenters. The fraction of sp³-hybridized carbons (Fsp3) is 0.188. The molecule has 0 spiro atoms. The minimum absolute atomic E-state index is 0.372. The average molecular weight is 240 g/mol. The molecule has 2 rings (SSSR count). The van der Waals surface area contributed by atoms with Crippen molar-refractivity contribution in [3.05, 3.63) is 54.6 Å². The van der Waals surface area contributed by atoms with E-state index in [0.717, 1.165) is 5.39 Å². The average Bonchev–Trinajstić information content (AvgIpc) is 2.37. The maximum atomic E-state index is 11.3. The molecular weight excluding hydrogens is 224 g/mol. The van der Waals surface area contributed by atoms with E-state index in [0.29, 0.717) is 11.7 Å². The minimum Gasteiger partial charge on any atom is -0.423 e. The van der Waals surface area contributed by atoms with Crippen molar-refractivity contribution in [1.29, 1.82) is 0 Å². The second kappa shape index (κ2) is 5.05. The Bertz CT molecular complexity index is 597. The monoisotopic (exact) mass is 240 g/mol. The largest absolute Gasteiger partial charge is 0.423 e. The van der Waals surface area contributed by atoms with Crippen LogP contribution in [0, 0.1) is 0 Å². The number of fused-ring (bicyclic) bond motifs is 1. The topological polar surface area (TPSA) is 26.3 Å². The van der Waals surface area contributed by atoms with Crippen LogP contribution < -0.4 is 4.74 Å². The van der Waals surface area contributed by atoms with Gasteiger partial charge in [0.05, 0.1) is 0 Å². The van der Waals surface area contributed by atoms with Crippen molar-refractivity contribution in [2.45, 2.75) is 19.8 Å². The van der Waals surface area contributed by atoms with Gasteiger partial charge in [0.25, 0.3) is 0 Å². The molecule has 0 radical (unpaired) electrons. The second-order valence-electron chi connectivity index (χ2n) is 4.51. The van der Waals surface area contributed by atoms with Crippen LogP contribution in [0.25, 0.3) is 10.8 Å². The highest BCUT2D eigenvalue weighted by atomic mass is 16.5. The van der Waals surface area contributed by atoms with E-state index < -0.39 is 5.97 Å². The summed E-state index contributed by atoms with van der Waals surface area (Å²) in [7, 11) is 0. The highest BCUT2D eigenvalue weighted by Gasteiger charge is 2.09. The molecule has 18 heavy (non-hydrogen) atoms. The zero-order valence-corrected chi connectivity index (χ0v) is 10.6. The predicted octanol–water partition coefficient (Wildman–Crippen LogP) is 4.05. The zero-order valence-electron chi connectivity index (χ0n) is 10.6. The number of ether oxygens (including phenoxy) is 1. The van der Waals surface area contributed by atoms with Crippen LogP contribution in [0.4, 0.5) is 0 Å². The lowest BCUT2D eigenvalue weighted by atomic mass is 9.96. The van der Waals surface area contributed by atoms with Gasteiger partial charge in [-0.25, -0.2) is 4.79 Å². The third-order valence-corrected chi connectivity index (χ3v) is 2.87. The Labute approximate surface area is 107 Å². The van der Waals surface area contributed by atoms with Crippen LogP contribution in [-0.2, 0) is 4.79 Å². The van der Waals surface area contributed by atoms with Crippen LogP contribution in [0.2, 0.25) is 0 Å². The predicted molar refractivity (Wildman–Crippen MR) is 73.9 cm³/mol. The Morgan fingerprint density at radius 3 is 2.67 bits per heavy atom. The number of benzene rings is 2. The van der Waals surface area contributed by atoms with Crippen LogP contribution in [0.3, 0.4) is 0 Å². The van der Waals surface area contributed by atoms with Gasteiger partial charge < -0.3 is 4.74 Å². The van der Waals surface area contributed by atoms with E-state index in [1.54, 1.807) is 0 Å². The van der Waals surface area contributed by atoms with Gasteiger partial charge in [0, 0.05) is 6.08 Å². The van der Waals surface area contributed by atoms with E-state index in [1.165, 1.54) is 17.0 Å². The standard InChI is InChI=1S/C16H16O2/c1-4-16(17)18-13-9-12-7-5-6-8-14(12)15(10-13)11(2)3/h4-11H,1H2,2-3H3. The third kappa shape index (κ3) is 2.43. The number of carbonyl (C=O) groups excluding carboxylic acids is 1. The molecule has 0 fully saturated rings. The molecule has 0 aliphatic rings. The van der Waals surface area contributed by atoms with E-state index in [4.69, 9.17) is 4.74 Å². The smallest absolute Gasteiger partial charge is 0.335 e. The molecule has 2 aromatic carbocycles. The summed E-state index contributed by atoms with van der Waals surface area (Å²) in [4.78, 5) is 11.3. The van der Waals surface area contributed by atoms with Gasteiger partial charge in [0.15, 0.2) is 0 Å². The minimum atomic E-state index is -0.431. The molecule has 0 aliphatic carbocycles. The molecule has 92 valence electrons. The van der Waals surface area contributed by atoms with Gasteiger partial charge in [-0.15, -0.1) is 0 Å². The van der Waals surface area contributed by atoms with Crippen LogP contribution in [0.5, 0.6) is 5.75 Å². The van der Waals surface area contributed by atoms with E-state index >= 15 is 0 Å². The lowest BCUT2D eigenvalue weighted by Gasteiger charge is -2.12. The summed E-state index contributed by atoms with van der Waals surface area (Å²) in [6.45, 7) is 7.65. The van der Waals surface area contributed by atoms with Crippen LogP contribution in [-0.4, -0.2) is 5.97 Å². The summed E-state index contributed by atoms with van der Waals surface area (Å²) in [5.74, 6) is 0.513. The van der Waals surface area contributed by atoms with Gasteiger partial charge in [0.2, 0.25) is 0 Å². The number of hydrogen-bond donors (Lipinski definition) is 0.